The van der Waals surface area contributed by atoms with E-state index in [0.29, 0.717) is 0 Å². The largest absolute Gasteiger partial charge is 0.472 e. The number of alkyl halides is 1. The molecule has 22 nitrogen and oxygen atoms in total. The lowest BCUT2D eigenvalue weighted by molar-refractivity contribution is -0.0671. The molecule has 2 unspecified atom stereocenters. The van der Waals surface area contributed by atoms with Crippen molar-refractivity contribution < 1.29 is 56.0 Å². The van der Waals surface area contributed by atoms with Gasteiger partial charge in [0.1, 0.15) is 42.4 Å². The summed E-state index contributed by atoms with van der Waals surface area (Å²) in [5, 5.41) is 11.1. The number of anilines is 2. The average Bonchev–Trinajstić information content (AvgIpc) is 3.72. The van der Waals surface area contributed by atoms with Crippen molar-refractivity contribution in [1.82, 2.24) is 39.0 Å². The summed E-state index contributed by atoms with van der Waals surface area (Å²) >= 11 is 0. The molecule has 8 N–H and O–H groups in total. The summed E-state index contributed by atoms with van der Waals surface area (Å²) in [7, 11) is -10.3. The van der Waals surface area contributed by atoms with Crippen molar-refractivity contribution in [3.63, 3.8) is 0 Å². The first-order chi connectivity index (χ1) is 21.3. The molecule has 2 bridgehead atoms. The SMILES string of the molecule is Nc1nc2c(ncn2[C@H]2O[C@H]3COP(=O)(O)O[C@@H]4[C@H](O)[C@@H](n5cnc6c(N)ncnc65)O[C@H]4COP(=O)(O)O[C@H]2[C@H]3F)c(=O)[nH]1. The fraction of sp³-hybridized carbons (Fsp3) is 0.500. The maximum atomic E-state index is 15.7. The summed E-state index contributed by atoms with van der Waals surface area (Å²) in [6.45, 7) is -1.82. The summed E-state index contributed by atoms with van der Waals surface area (Å²) in [4.78, 5) is 55.5. The second-order valence-corrected chi connectivity index (χ2v) is 12.9. The van der Waals surface area contributed by atoms with Crippen molar-refractivity contribution in [2.45, 2.75) is 49.1 Å². The minimum atomic E-state index is -5.19. The van der Waals surface area contributed by atoms with E-state index >= 15 is 4.39 Å². The van der Waals surface area contributed by atoms with Gasteiger partial charge < -0.3 is 35.8 Å². The van der Waals surface area contributed by atoms with Gasteiger partial charge in [0.2, 0.25) is 5.95 Å². The van der Waals surface area contributed by atoms with Gasteiger partial charge in [-0.3, -0.25) is 37.0 Å². The highest BCUT2D eigenvalue weighted by Gasteiger charge is 2.54. The Labute approximate surface area is 248 Å². The molecule has 0 amide bonds. The monoisotopic (exact) mass is 676 g/mol. The topological polar surface area (TPSA) is 309 Å². The van der Waals surface area contributed by atoms with Gasteiger partial charge >= 0.3 is 15.6 Å². The van der Waals surface area contributed by atoms with Crippen LogP contribution in [0.15, 0.2) is 23.8 Å². The van der Waals surface area contributed by atoms with E-state index in [9.17, 15) is 28.8 Å². The van der Waals surface area contributed by atoms with Crippen LogP contribution >= 0.6 is 15.6 Å². The van der Waals surface area contributed by atoms with E-state index in [2.05, 4.69) is 29.9 Å². The molecule has 3 aliphatic heterocycles. The number of halogens is 1. The van der Waals surface area contributed by atoms with E-state index in [0.717, 1.165) is 17.2 Å². The number of aliphatic hydroxyl groups is 1. The van der Waals surface area contributed by atoms with Gasteiger partial charge in [-0.2, -0.15) is 4.98 Å². The standard InChI is InChI=1S/C20H23FN10O12P2/c21-8-6-1-38-44(34,35)42-12-7(41-18(11(12)32)30-4-26-9-14(22)24-3-25-15(9)30)2-39-45(36,37)43-13(8)19(40-6)31-5-27-10-16(31)28-20(23)29-17(10)33/h3-8,11-13,18-19,32H,1-2H2,(H,34,35)(H,36,37)(H2,22,24,25)(H3,23,28,29,33)/t6-,7-,8-,11-,12-,13-,18-,19-/m0/s1. The van der Waals surface area contributed by atoms with E-state index in [1.165, 1.54) is 10.9 Å². The molecule has 242 valence electrons. The van der Waals surface area contributed by atoms with E-state index in [1.54, 1.807) is 0 Å². The number of phosphoric acid groups is 2. The number of fused-ring (bicyclic) bond motifs is 5. The number of aromatic nitrogens is 8. The van der Waals surface area contributed by atoms with Crippen molar-refractivity contribution in [2.24, 2.45) is 0 Å². The molecule has 7 heterocycles. The van der Waals surface area contributed by atoms with E-state index in [4.69, 9.17) is 39.0 Å². The lowest BCUT2D eigenvalue weighted by Crippen LogP contribution is -2.36. The molecular formula is C20H23FN10O12P2. The number of nitrogens with zero attached hydrogens (tertiary/aromatic N) is 7. The Bertz CT molecular complexity index is 1940. The van der Waals surface area contributed by atoms with Crippen molar-refractivity contribution in [3.05, 3.63) is 29.3 Å². The van der Waals surface area contributed by atoms with Gasteiger partial charge in [-0.05, 0) is 0 Å². The number of aliphatic hydroxyl groups excluding tert-OH is 1. The Kier molecular flexibility index (Phi) is 7.26. The maximum Gasteiger partial charge on any atom is 0.472 e. The van der Waals surface area contributed by atoms with E-state index in [1.807, 2.05) is 0 Å². The molecule has 10 atom stereocenters. The van der Waals surface area contributed by atoms with Gasteiger partial charge in [0.15, 0.2) is 41.3 Å². The van der Waals surface area contributed by atoms with Crippen molar-refractivity contribution in [3.8, 4) is 0 Å². The number of hydrogen-bond donors (Lipinski definition) is 6. The molecule has 7 rings (SSSR count). The Morgan fingerprint density at radius 2 is 1.51 bits per heavy atom. The molecule has 0 aromatic carbocycles. The van der Waals surface area contributed by atoms with Gasteiger partial charge in [-0.25, -0.2) is 33.5 Å². The zero-order chi connectivity index (χ0) is 31.8. The van der Waals surface area contributed by atoms with E-state index < -0.39 is 83.6 Å². The minimum absolute atomic E-state index is 0.0241. The fourth-order valence-electron chi connectivity index (χ4n) is 5.27. The van der Waals surface area contributed by atoms with Gasteiger partial charge in [0, 0.05) is 0 Å². The quantitative estimate of drug-likeness (QED) is 0.133. The van der Waals surface area contributed by atoms with Crippen LogP contribution in [0, 0.1) is 0 Å². The second kappa shape index (κ2) is 10.8. The number of phosphoric ester groups is 2. The number of ether oxygens (including phenoxy) is 2. The average molecular weight is 676 g/mol. The third-order valence-electron chi connectivity index (χ3n) is 7.27. The minimum Gasteiger partial charge on any atom is -0.386 e. The molecule has 0 saturated carbocycles. The number of nitrogens with one attached hydrogen (secondary N) is 1. The van der Waals surface area contributed by atoms with Crippen LogP contribution in [0.4, 0.5) is 16.2 Å². The number of imidazole rings is 2. The Morgan fingerprint density at radius 1 is 0.889 bits per heavy atom. The normalized spacial score (nSPS) is 37.7. The Hall–Kier alpha value is -3.47. The Balaban J connectivity index is 1.21. The van der Waals surface area contributed by atoms with Crippen LogP contribution in [0.25, 0.3) is 22.3 Å². The summed E-state index contributed by atoms with van der Waals surface area (Å²) in [6.07, 6.45) is -10.5. The highest BCUT2D eigenvalue weighted by molar-refractivity contribution is 7.47. The third kappa shape index (κ3) is 5.30. The highest BCUT2D eigenvalue weighted by Crippen LogP contribution is 2.54. The van der Waals surface area contributed by atoms with Crippen LogP contribution in [-0.2, 0) is 36.7 Å². The molecule has 0 spiro atoms. The first kappa shape index (κ1) is 30.2. The first-order valence-corrected chi connectivity index (χ1v) is 15.9. The number of hydrogen-bond acceptors (Lipinski definition) is 17. The number of nitrogen functional groups attached to an aromatic ring is 2. The summed E-state index contributed by atoms with van der Waals surface area (Å²) < 4.78 is 76.1. The lowest BCUT2D eigenvalue weighted by atomic mass is 10.1. The van der Waals surface area contributed by atoms with Crippen LogP contribution in [0.3, 0.4) is 0 Å². The zero-order valence-electron chi connectivity index (χ0n) is 22.3. The fourth-order valence-corrected chi connectivity index (χ4v) is 7.16. The number of nitrogens with two attached hydrogens (primary N) is 2. The van der Waals surface area contributed by atoms with Crippen LogP contribution in [-0.4, -0.2) is 104 Å². The van der Waals surface area contributed by atoms with E-state index in [-0.39, 0.29) is 34.1 Å². The number of aromatic amines is 1. The van der Waals surface area contributed by atoms with Crippen molar-refractivity contribution >= 4 is 49.7 Å². The third-order valence-corrected chi connectivity index (χ3v) is 9.24. The maximum absolute atomic E-state index is 15.7. The van der Waals surface area contributed by atoms with Crippen LogP contribution in [0.5, 0.6) is 0 Å². The summed E-state index contributed by atoms with van der Waals surface area (Å²) in [6, 6.07) is 0. The lowest BCUT2D eigenvalue weighted by Gasteiger charge is -2.25. The molecule has 0 radical (unpaired) electrons. The molecule has 25 heteroatoms. The molecule has 0 aliphatic carbocycles. The van der Waals surface area contributed by atoms with Gasteiger partial charge in [-0.1, -0.05) is 0 Å². The molecule has 4 aromatic rings. The summed E-state index contributed by atoms with van der Waals surface area (Å²) in [5.41, 5.74) is 10.6. The molecular weight excluding hydrogens is 653 g/mol. The highest BCUT2D eigenvalue weighted by atomic mass is 31.2. The number of H-pyrrole nitrogens is 1. The van der Waals surface area contributed by atoms with Crippen LogP contribution in [0.1, 0.15) is 12.5 Å². The number of rotatable bonds is 2. The van der Waals surface area contributed by atoms with Crippen molar-refractivity contribution in [2.75, 3.05) is 24.7 Å². The predicted molar refractivity (Wildman–Crippen MR) is 142 cm³/mol. The molecule has 3 saturated heterocycles. The second-order valence-electron chi connectivity index (χ2n) is 10.1. The molecule has 3 aliphatic rings. The zero-order valence-corrected chi connectivity index (χ0v) is 24.1. The molecule has 3 fully saturated rings. The van der Waals surface area contributed by atoms with Crippen LogP contribution < -0.4 is 17.0 Å². The Morgan fingerprint density at radius 3 is 2.24 bits per heavy atom. The van der Waals surface area contributed by atoms with Crippen molar-refractivity contribution in [1.29, 1.82) is 0 Å². The van der Waals surface area contributed by atoms with Gasteiger partial charge in [0.05, 0.1) is 25.9 Å². The molecule has 45 heavy (non-hydrogen) atoms. The predicted octanol–water partition coefficient (Wildman–Crippen LogP) is -1.36. The first-order valence-electron chi connectivity index (χ1n) is 12.9. The summed E-state index contributed by atoms with van der Waals surface area (Å²) in [5.74, 6) is -0.291. The molecule has 4 aromatic heterocycles. The van der Waals surface area contributed by atoms with Gasteiger partial charge in [0.25, 0.3) is 5.56 Å². The smallest absolute Gasteiger partial charge is 0.386 e. The van der Waals surface area contributed by atoms with Gasteiger partial charge in [-0.15, -0.1) is 0 Å². The van der Waals surface area contributed by atoms with Crippen LogP contribution in [0.2, 0.25) is 0 Å².